The van der Waals surface area contributed by atoms with Crippen LogP contribution >= 0.6 is 0 Å². The zero-order chi connectivity index (χ0) is 12.4. The van der Waals surface area contributed by atoms with E-state index in [0.717, 1.165) is 17.4 Å². The summed E-state index contributed by atoms with van der Waals surface area (Å²) in [5.74, 6) is 0. The Labute approximate surface area is 100 Å². The van der Waals surface area contributed by atoms with E-state index in [-0.39, 0.29) is 0 Å². The summed E-state index contributed by atoms with van der Waals surface area (Å²) in [5.41, 5.74) is 1.77. The third-order valence-corrected chi connectivity index (χ3v) is 2.34. The molecule has 1 aromatic rings. The van der Waals surface area contributed by atoms with Crippen molar-refractivity contribution in [2.45, 2.75) is 0 Å². The van der Waals surface area contributed by atoms with Gasteiger partial charge in [-0.25, -0.2) is 9.48 Å². The number of rotatable bonds is 1. The molecule has 2 rings (SSSR count). The maximum absolute atomic E-state index is 5.79. The second kappa shape index (κ2) is 4.50. The van der Waals surface area contributed by atoms with E-state index < -0.39 is 0 Å². The lowest BCUT2D eigenvalue weighted by Crippen LogP contribution is -3.01. The van der Waals surface area contributed by atoms with Crippen molar-refractivity contribution >= 4 is 17.4 Å². The molecule has 1 aromatic carbocycles. The van der Waals surface area contributed by atoms with E-state index in [2.05, 4.69) is 10.3 Å². The summed E-state index contributed by atoms with van der Waals surface area (Å²) in [6.07, 6.45) is 0. The molecule has 1 aliphatic rings. The van der Waals surface area contributed by atoms with E-state index in [9.17, 15) is 0 Å². The van der Waals surface area contributed by atoms with Crippen LogP contribution in [0.25, 0.3) is 0 Å². The van der Waals surface area contributed by atoms with Crippen LogP contribution in [0.4, 0.5) is 11.4 Å². The lowest BCUT2D eigenvalue weighted by molar-refractivity contribution is -1.03. The van der Waals surface area contributed by atoms with Gasteiger partial charge in [-0.15, -0.1) is 0 Å². The van der Waals surface area contributed by atoms with Crippen LogP contribution in [-0.2, 0) is 4.84 Å². The first-order valence-corrected chi connectivity index (χ1v) is 5.37. The summed E-state index contributed by atoms with van der Waals surface area (Å²) < 4.78 is 1.89. The lowest BCUT2D eigenvalue weighted by atomic mass is 10.3. The molecule has 6 heteroatoms. The van der Waals surface area contributed by atoms with Gasteiger partial charge in [0.2, 0.25) is 5.69 Å². The van der Waals surface area contributed by atoms with Crippen molar-refractivity contribution < 1.29 is 14.6 Å². The fourth-order valence-corrected chi connectivity index (χ4v) is 1.64. The largest absolute Gasteiger partial charge is 0.499 e. The second-order valence-electron chi connectivity index (χ2n) is 4.20. The van der Waals surface area contributed by atoms with Crippen LogP contribution in [0, 0.1) is 0 Å². The average molecular weight is 235 g/mol. The quantitative estimate of drug-likeness (QED) is 0.433. The van der Waals surface area contributed by atoms with E-state index in [4.69, 9.17) is 4.84 Å². The normalized spacial score (nSPS) is 16.6. The van der Waals surface area contributed by atoms with E-state index >= 15 is 0 Å². The first-order chi connectivity index (χ1) is 8.09. The zero-order valence-electron chi connectivity index (χ0n) is 10.5. The molecule has 6 nitrogen and oxygen atoms in total. The van der Waals surface area contributed by atoms with E-state index in [1.165, 1.54) is 0 Å². The molecule has 0 saturated heterocycles. The third kappa shape index (κ3) is 2.26. The minimum absolute atomic E-state index is 0.540. The molecule has 90 valence electrons. The van der Waals surface area contributed by atoms with Crippen LogP contribution in [-0.4, -0.2) is 43.7 Å². The summed E-state index contributed by atoms with van der Waals surface area (Å²) in [6.45, 7) is 0. The Hall–Kier alpha value is -1.95. The Bertz CT molecular complexity index is 477. The first-order valence-electron chi connectivity index (χ1n) is 5.37. The van der Waals surface area contributed by atoms with E-state index in [0.29, 0.717) is 5.17 Å². The standard InChI is InChI=1S/C11H16N5O/c1-14(2)11(15(3)4)17-16-10-8-6-5-7-9(10)12-13-16/h5-8H,1-4H3/q+1/p+1. The van der Waals surface area contributed by atoms with Gasteiger partial charge in [0.25, 0.3) is 0 Å². The Morgan fingerprint density at radius 2 is 2.00 bits per heavy atom. The summed E-state index contributed by atoms with van der Waals surface area (Å²) >= 11 is 0. The molecule has 0 aromatic heterocycles. The molecular formula is C11H17N5O+2. The zero-order valence-corrected chi connectivity index (χ0v) is 10.5. The van der Waals surface area contributed by atoms with Crippen molar-refractivity contribution in [3.05, 3.63) is 24.3 Å². The van der Waals surface area contributed by atoms with Crippen LogP contribution in [0.2, 0.25) is 0 Å². The molecular weight excluding hydrogens is 218 g/mol. The molecule has 1 aliphatic heterocycles. The summed E-state index contributed by atoms with van der Waals surface area (Å²) in [6, 6.07) is 8.47. The monoisotopic (exact) mass is 235 g/mol. The minimum atomic E-state index is 0.540. The molecule has 0 bridgehead atoms. The lowest BCUT2D eigenvalue weighted by Gasteiger charge is -2.11. The molecule has 0 radical (unpaired) electrons. The number of quaternary nitrogens is 1. The maximum Gasteiger partial charge on any atom is 0.499 e. The van der Waals surface area contributed by atoms with Gasteiger partial charge in [0.05, 0.1) is 33.4 Å². The second-order valence-corrected chi connectivity index (χ2v) is 4.20. The van der Waals surface area contributed by atoms with E-state index in [1.807, 2.05) is 61.9 Å². The summed E-state index contributed by atoms with van der Waals surface area (Å²) in [4.78, 5) is 7.68. The average Bonchev–Trinajstić information content (AvgIpc) is 2.68. The Morgan fingerprint density at radius 3 is 2.65 bits per heavy atom. The third-order valence-electron chi connectivity index (χ3n) is 2.34. The van der Waals surface area contributed by atoms with Crippen molar-refractivity contribution in [1.82, 2.24) is 4.90 Å². The van der Waals surface area contributed by atoms with Gasteiger partial charge in [-0.1, -0.05) is 17.2 Å². The highest BCUT2D eigenvalue weighted by atomic mass is 16.7. The van der Waals surface area contributed by atoms with Crippen molar-refractivity contribution in [3.63, 3.8) is 0 Å². The van der Waals surface area contributed by atoms with Gasteiger partial charge in [0.1, 0.15) is 0 Å². The van der Waals surface area contributed by atoms with Gasteiger partial charge in [-0.2, -0.15) is 4.84 Å². The predicted molar refractivity (Wildman–Crippen MR) is 63.5 cm³/mol. The highest BCUT2D eigenvalue weighted by Crippen LogP contribution is 2.24. The Kier molecular flexibility index (Phi) is 3.06. The van der Waals surface area contributed by atoms with Gasteiger partial charge in [-0.3, -0.25) is 0 Å². The minimum Gasteiger partial charge on any atom is -0.230 e. The molecule has 0 aliphatic carbocycles. The van der Waals surface area contributed by atoms with Gasteiger partial charge >= 0.3 is 6.02 Å². The van der Waals surface area contributed by atoms with Gasteiger partial charge in [0, 0.05) is 11.2 Å². The summed E-state index contributed by atoms with van der Waals surface area (Å²) in [5, 5.41) is 8.66. The number of hydrogen-bond acceptors (Lipinski definition) is 3. The van der Waals surface area contributed by atoms with Crippen LogP contribution in [0.3, 0.4) is 0 Å². The molecule has 1 atom stereocenters. The molecule has 0 saturated carbocycles. The Balaban J connectivity index is 2.23. The molecule has 0 fully saturated rings. The molecule has 0 amide bonds. The van der Waals surface area contributed by atoms with Crippen molar-refractivity contribution in [1.29, 1.82) is 0 Å². The number of nitrogens with zero attached hydrogens (tertiary/aromatic N) is 4. The number of amidine groups is 1. The van der Waals surface area contributed by atoms with Crippen molar-refractivity contribution in [2.75, 3.05) is 28.2 Å². The van der Waals surface area contributed by atoms with Crippen LogP contribution < -0.4 is 5.17 Å². The predicted octanol–water partition coefficient (Wildman–Crippen LogP) is 0.337. The van der Waals surface area contributed by atoms with Crippen molar-refractivity contribution in [2.24, 2.45) is 10.3 Å². The fourth-order valence-electron chi connectivity index (χ4n) is 1.64. The van der Waals surface area contributed by atoms with Gasteiger partial charge in [-0.05, 0) is 6.07 Å². The molecule has 1 unspecified atom stereocenters. The van der Waals surface area contributed by atoms with E-state index in [1.54, 1.807) is 0 Å². The summed E-state index contributed by atoms with van der Waals surface area (Å²) in [7, 11) is 7.70. The number of fused-ring (bicyclic) bond motifs is 1. The topological polar surface area (TPSA) is 44.6 Å². The Morgan fingerprint density at radius 1 is 1.29 bits per heavy atom. The van der Waals surface area contributed by atoms with Gasteiger partial charge in [0.15, 0.2) is 5.69 Å². The highest BCUT2D eigenvalue weighted by Gasteiger charge is 2.30. The fraction of sp³-hybridized carbons (Fsp3) is 0.364. The molecule has 0 spiro atoms. The van der Waals surface area contributed by atoms with Crippen LogP contribution in [0.15, 0.2) is 34.6 Å². The number of hydrogen-bond donors (Lipinski definition) is 1. The number of benzene rings is 1. The molecule has 17 heavy (non-hydrogen) atoms. The molecule has 1 heterocycles. The van der Waals surface area contributed by atoms with Crippen LogP contribution in [0.5, 0.6) is 0 Å². The maximum atomic E-state index is 5.79. The SMILES string of the molecule is CN(C)C(O[NH+]1N=Nc2ccccc21)=[N+](C)C. The van der Waals surface area contributed by atoms with Gasteiger partial charge < -0.3 is 0 Å². The first kappa shape index (κ1) is 11.5. The molecule has 1 N–H and O–H groups in total. The van der Waals surface area contributed by atoms with Crippen molar-refractivity contribution in [3.8, 4) is 0 Å². The smallest absolute Gasteiger partial charge is 0.230 e. The highest BCUT2D eigenvalue weighted by molar-refractivity contribution is 5.67. The van der Waals surface area contributed by atoms with Crippen LogP contribution in [0.1, 0.15) is 0 Å². The number of nitrogens with one attached hydrogen (secondary N) is 1.